The van der Waals surface area contributed by atoms with Crippen LogP contribution < -0.4 is 5.32 Å². The Morgan fingerprint density at radius 1 is 0.586 bits per heavy atom. The first-order chi connectivity index (χ1) is 28.0. The lowest BCUT2D eigenvalue weighted by Gasteiger charge is -2.25. The average Bonchev–Trinajstić information content (AvgIpc) is 3.17. The van der Waals surface area contributed by atoms with E-state index in [0.717, 1.165) is 57.8 Å². The van der Waals surface area contributed by atoms with Gasteiger partial charge in [0.2, 0.25) is 5.91 Å². The van der Waals surface area contributed by atoms with E-state index >= 15 is 0 Å². The molecule has 3 atom stereocenters. The normalized spacial score (nSPS) is 14.8. The molecule has 1 amide bonds. The SMILES string of the molecule is CCC/C=C/CC/C=C/C(O)C(COP(=O)(O)OCC[N+](C)(C)C)NC(=O)CCCCCCCCCCCCCCCC/C=C\C/C=C\C/C=C\CCCCCCC. The van der Waals surface area contributed by atoms with E-state index in [1.165, 1.54) is 116 Å². The Balaban J connectivity index is 4.02. The first-order valence-corrected chi connectivity index (χ1v) is 25.2. The third-order valence-electron chi connectivity index (χ3n) is 10.2. The predicted octanol–water partition coefficient (Wildman–Crippen LogP) is 13.4. The van der Waals surface area contributed by atoms with Crippen molar-refractivity contribution >= 4 is 13.7 Å². The number of likely N-dealkylation sites (N-methyl/N-ethyl adjacent to an activating group) is 1. The van der Waals surface area contributed by atoms with Crippen molar-refractivity contribution in [1.29, 1.82) is 0 Å². The van der Waals surface area contributed by atoms with Crippen molar-refractivity contribution in [3.63, 3.8) is 0 Å². The van der Waals surface area contributed by atoms with E-state index in [1.807, 2.05) is 27.2 Å². The number of aliphatic hydroxyl groups excluding tert-OH is 1. The number of aliphatic hydroxyl groups is 1. The van der Waals surface area contributed by atoms with Gasteiger partial charge in [0.1, 0.15) is 13.2 Å². The van der Waals surface area contributed by atoms with Crippen molar-refractivity contribution < 1.29 is 32.9 Å². The van der Waals surface area contributed by atoms with Gasteiger partial charge in [-0.2, -0.15) is 0 Å². The largest absolute Gasteiger partial charge is 0.472 e. The highest BCUT2D eigenvalue weighted by molar-refractivity contribution is 7.47. The fourth-order valence-electron chi connectivity index (χ4n) is 6.42. The van der Waals surface area contributed by atoms with Gasteiger partial charge in [0.15, 0.2) is 0 Å². The van der Waals surface area contributed by atoms with Crippen LogP contribution in [0.2, 0.25) is 0 Å². The highest BCUT2D eigenvalue weighted by Gasteiger charge is 2.27. The minimum Gasteiger partial charge on any atom is -0.387 e. The number of hydrogen-bond donors (Lipinski definition) is 3. The van der Waals surface area contributed by atoms with Crippen molar-refractivity contribution in [2.45, 2.75) is 206 Å². The monoisotopic (exact) mass is 836 g/mol. The highest BCUT2D eigenvalue weighted by atomic mass is 31.2. The quantitative estimate of drug-likeness (QED) is 0.0245. The molecule has 0 aromatic rings. The molecule has 3 N–H and O–H groups in total. The van der Waals surface area contributed by atoms with Crippen molar-refractivity contribution in [3.8, 4) is 0 Å². The second-order valence-electron chi connectivity index (χ2n) is 17.1. The summed E-state index contributed by atoms with van der Waals surface area (Å²) in [5.74, 6) is -0.194. The van der Waals surface area contributed by atoms with Crippen LogP contribution in [0.4, 0.5) is 0 Å². The Morgan fingerprint density at radius 3 is 1.55 bits per heavy atom. The molecule has 0 bridgehead atoms. The summed E-state index contributed by atoms with van der Waals surface area (Å²) in [4.78, 5) is 23.0. The minimum absolute atomic E-state index is 0.0537. The van der Waals surface area contributed by atoms with Crippen LogP contribution in [0.1, 0.15) is 194 Å². The number of rotatable bonds is 42. The van der Waals surface area contributed by atoms with Gasteiger partial charge >= 0.3 is 7.82 Å². The summed E-state index contributed by atoms with van der Waals surface area (Å²) in [6.45, 7) is 4.66. The summed E-state index contributed by atoms with van der Waals surface area (Å²) in [5, 5.41) is 13.7. The molecule has 0 aliphatic carbocycles. The molecule has 3 unspecified atom stereocenters. The Kier molecular flexibility index (Phi) is 39.3. The Bertz CT molecular complexity index is 1130. The molecule has 0 aliphatic rings. The van der Waals surface area contributed by atoms with Crippen LogP contribution in [0, 0.1) is 0 Å². The van der Waals surface area contributed by atoms with Crippen molar-refractivity contribution in [2.75, 3.05) is 40.9 Å². The number of unbranched alkanes of at least 4 members (excludes halogenated alkanes) is 21. The van der Waals surface area contributed by atoms with Crippen molar-refractivity contribution in [3.05, 3.63) is 60.8 Å². The minimum atomic E-state index is -4.34. The van der Waals surface area contributed by atoms with Crippen molar-refractivity contribution in [2.24, 2.45) is 0 Å². The lowest BCUT2D eigenvalue weighted by atomic mass is 10.0. The third-order valence-corrected chi connectivity index (χ3v) is 11.2. The smallest absolute Gasteiger partial charge is 0.387 e. The molecule has 0 saturated carbocycles. The highest BCUT2D eigenvalue weighted by Crippen LogP contribution is 2.43. The fraction of sp³-hybridized carbons (Fsp3) is 0.776. The van der Waals surface area contributed by atoms with Gasteiger partial charge in [0, 0.05) is 6.42 Å². The van der Waals surface area contributed by atoms with Crippen LogP contribution in [0.3, 0.4) is 0 Å². The van der Waals surface area contributed by atoms with E-state index in [1.54, 1.807) is 6.08 Å². The molecule has 0 spiro atoms. The van der Waals surface area contributed by atoms with Crippen LogP contribution in [0.15, 0.2) is 60.8 Å². The van der Waals surface area contributed by atoms with Crippen LogP contribution in [-0.2, 0) is 18.4 Å². The Hall–Kier alpha value is -1.80. The number of amides is 1. The lowest BCUT2D eigenvalue weighted by molar-refractivity contribution is -0.870. The van der Waals surface area contributed by atoms with E-state index in [2.05, 4.69) is 67.8 Å². The van der Waals surface area contributed by atoms with Crippen LogP contribution >= 0.6 is 7.82 Å². The standard InChI is InChI=1S/C49H91N2O6P/c1-6-8-10-12-14-15-16-17-18-19-20-21-22-23-24-25-26-27-28-29-30-31-32-33-34-35-37-39-41-43-49(53)50-47(48(52)42-40-38-36-13-11-9-7-2)46-57-58(54,55)56-45-44-51(3,4)5/h11,13,16-17,19-20,22-23,40,42,47-48,52H,6-10,12,14-15,18,21,24-39,41,43-46H2,1-5H3,(H-,50,53,54,55)/p+1/b13-11+,17-16-,20-19-,23-22-,42-40+. The van der Waals surface area contributed by atoms with Gasteiger partial charge in [-0.15, -0.1) is 0 Å². The number of phosphoric ester groups is 1. The van der Waals surface area contributed by atoms with Crippen LogP contribution in [-0.4, -0.2) is 73.4 Å². The molecule has 0 saturated heterocycles. The molecule has 0 rings (SSSR count). The molecule has 0 heterocycles. The number of carbonyl (C=O) groups is 1. The molecule has 0 aromatic carbocycles. The summed E-state index contributed by atoms with van der Waals surface area (Å²) in [6, 6.07) is -0.862. The van der Waals surface area contributed by atoms with Crippen molar-refractivity contribution in [1.82, 2.24) is 5.32 Å². The molecule has 0 fully saturated rings. The molecule has 338 valence electrons. The fourth-order valence-corrected chi connectivity index (χ4v) is 7.16. The lowest BCUT2D eigenvalue weighted by Crippen LogP contribution is -2.45. The van der Waals surface area contributed by atoms with Gasteiger partial charge < -0.3 is 19.8 Å². The topological polar surface area (TPSA) is 105 Å². The first kappa shape index (κ1) is 56.2. The first-order valence-electron chi connectivity index (χ1n) is 23.7. The third kappa shape index (κ3) is 42.3. The summed E-state index contributed by atoms with van der Waals surface area (Å²) in [6.07, 6.45) is 53.4. The molecule has 58 heavy (non-hydrogen) atoms. The van der Waals surface area contributed by atoms with E-state index in [9.17, 15) is 19.4 Å². The summed E-state index contributed by atoms with van der Waals surface area (Å²) in [7, 11) is 1.54. The average molecular weight is 836 g/mol. The Morgan fingerprint density at radius 2 is 1.03 bits per heavy atom. The van der Waals surface area contributed by atoms with E-state index in [4.69, 9.17) is 9.05 Å². The van der Waals surface area contributed by atoms with Gasteiger partial charge in [-0.3, -0.25) is 13.8 Å². The Labute approximate surface area is 358 Å². The van der Waals surface area contributed by atoms with E-state index in [0.29, 0.717) is 17.4 Å². The molecular formula is C49H92N2O6P+. The summed E-state index contributed by atoms with van der Waals surface area (Å²) >= 11 is 0. The zero-order valence-corrected chi connectivity index (χ0v) is 39.2. The number of quaternary nitrogens is 1. The maximum atomic E-state index is 12.8. The number of hydrogen-bond acceptors (Lipinski definition) is 5. The number of allylic oxidation sites excluding steroid dienone is 9. The van der Waals surface area contributed by atoms with Gasteiger partial charge in [-0.05, 0) is 64.2 Å². The molecule has 0 aliphatic heterocycles. The number of carbonyl (C=O) groups excluding carboxylic acids is 1. The second kappa shape index (κ2) is 40.6. The molecule has 0 aromatic heterocycles. The van der Waals surface area contributed by atoms with E-state index in [-0.39, 0.29) is 19.1 Å². The zero-order chi connectivity index (χ0) is 42.8. The maximum Gasteiger partial charge on any atom is 0.472 e. The number of phosphoric acid groups is 1. The molecule has 8 nitrogen and oxygen atoms in total. The second-order valence-corrected chi connectivity index (χ2v) is 18.6. The molecular weight excluding hydrogens is 744 g/mol. The molecule has 9 heteroatoms. The summed E-state index contributed by atoms with van der Waals surface area (Å²) < 4.78 is 23.4. The van der Waals surface area contributed by atoms with Gasteiger partial charge in [0.05, 0.1) is 39.9 Å². The predicted molar refractivity (Wildman–Crippen MR) is 249 cm³/mol. The van der Waals surface area contributed by atoms with Crippen LogP contribution in [0.5, 0.6) is 0 Å². The van der Waals surface area contributed by atoms with Crippen LogP contribution in [0.25, 0.3) is 0 Å². The van der Waals surface area contributed by atoms with E-state index < -0.39 is 20.0 Å². The van der Waals surface area contributed by atoms with Gasteiger partial charge in [-0.25, -0.2) is 4.57 Å². The van der Waals surface area contributed by atoms with Gasteiger partial charge in [0.25, 0.3) is 0 Å². The number of nitrogens with zero attached hydrogens (tertiary/aromatic N) is 1. The zero-order valence-electron chi connectivity index (χ0n) is 38.3. The summed E-state index contributed by atoms with van der Waals surface area (Å²) in [5.41, 5.74) is 0. The van der Waals surface area contributed by atoms with Gasteiger partial charge in [-0.1, -0.05) is 184 Å². The maximum absolute atomic E-state index is 12.8. The number of nitrogens with one attached hydrogen (secondary N) is 1. The molecule has 0 radical (unpaired) electrons.